The highest BCUT2D eigenvalue weighted by Crippen LogP contribution is 2.17. The van der Waals surface area contributed by atoms with Gasteiger partial charge in [0, 0.05) is 16.2 Å². The van der Waals surface area contributed by atoms with Crippen molar-refractivity contribution < 1.29 is 14.7 Å². The van der Waals surface area contributed by atoms with Gasteiger partial charge in [-0.3, -0.25) is 4.79 Å². The summed E-state index contributed by atoms with van der Waals surface area (Å²) in [6, 6.07) is 3.38. The van der Waals surface area contributed by atoms with E-state index in [1.54, 1.807) is 11.3 Å². The molecule has 112 valence electrons. The Labute approximate surface area is 124 Å². The molecular weight excluding hydrogens is 274 g/mol. The van der Waals surface area contributed by atoms with Gasteiger partial charge in [0.2, 0.25) is 5.91 Å². The molecule has 1 heterocycles. The second-order valence-corrected chi connectivity index (χ2v) is 6.83. The topological polar surface area (TPSA) is 66.4 Å². The van der Waals surface area contributed by atoms with Crippen molar-refractivity contribution in [3.8, 4) is 0 Å². The van der Waals surface area contributed by atoms with Gasteiger partial charge in [-0.1, -0.05) is 13.8 Å². The normalized spacial score (nSPS) is 12.4. The molecule has 1 rings (SSSR count). The molecule has 4 nitrogen and oxygen atoms in total. The molecule has 1 atom stereocenters. The average Bonchev–Trinajstić information content (AvgIpc) is 2.73. The van der Waals surface area contributed by atoms with E-state index < -0.39 is 12.0 Å². The second-order valence-electron chi connectivity index (χ2n) is 5.45. The van der Waals surface area contributed by atoms with Crippen LogP contribution in [0.3, 0.4) is 0 Å². The molecule has 0 aliphatic carbocycles. The maximum Gasteiger partial charge on any atom is 0.326 e. The molecule has 0 spiro atoms. The number of carboxylic acids is 1. The molecule has 1 amide bonds. The van der Waals surface area contributed by atoms with Crippen LogP contribution in [0.15, 0.2) is 12.1 Å². The highest BCUT2D eigenvalue weighted by Gasteiger charge is 2.20. The van der Waals surface area contributed by atoms with Gasteiger partial charge < -0.3 is 10.4 Å². The molecule has 0 radical (unpaired) electrons. The second kappa shape index (κ2) is 8.04. The lowest BCUT2D eigenvalue weighted by Gasteiger charge is -2.16. The maximum atomic E-state index is 11.8. The van der Waals surface area contributed by atoms with Gasteiger partial charge in [0.25, 0.3) is 0 Å². The van der Waals surface area contributed by atoms with Gasteiger partial charge in [0.15, 0.2) is 0 Å². The minimum atomic E-state index is -0.957. The fourth-order valence-corrected chi connectivity index (χ4v) is 2.93. The van der Waals surface area contributed by atoms with Crippen LogP contribution in [-0.2, 0) is 16.0 Å². The Balaban J connectivity index is 2.32. The van der Waals surface area contributed by atoms with Gasteiger partial charge in [-0.05, 0) is 44.2 Å². The third kappa shape index (κ3) is 6.19. The minimum Gasteiger partial charge on any atom is -0.480 e. The van der Waals surface area contributed by atoms with Crippen LogP contribution >= 0.6 is 11.3 Å². The van der Waals surface area contributed by atoms with E-state index in [9.17, 15) is 9.59 Å². The predicted octanol–water partition coefficient (Wildman–Crippen LogP) is 2.99. The number of rotatable bonds is 8. The number of hydrogen-bond donors (Lipinski definition) is 2. The Bertz CT molecular complexity index is 454. The first-order valence-corrected chi connectivity index (χ1v) is 7.77. The first-order valence-electron chi connectivity index (χ1n) is 6.96. The molecule has 0 saturated carbocycles. The van der Waals surface area contributed by atoms with Gasteiger partial charge in [-0.15, -0.1) is 11.3 Å². The Morgan fingerprint density at radius 3 is 2.55 bits per heavy atom. The van der Waals surface area contributed by atoms with Crippen molar-refractivity contribution in [2.75, 3.05) is 0 Å². The number of carboxylic acid groups (broad SMARTS) is 1. The molecule has 0 fully saturated rings. The summed E-state index contributed by atoms with van der Waals surface area (Å²) in [7, 11) is 0. The van der Waals surface area contributed by atoms with Crippen LogP contribution in [-0.4, -0.2) is 23.0 Å². The number of hydrogen-bond acceptors (Lipinski definition) is 3. The third-order valence-corrected chi connectivity index (χ3v) is 4.02. The van der Waals surface area contributed by atoms with Crippen molar-refractivity contribution in [1.82, 2.24) is 5.32 Å². The molecule has 5 heteroatoms. The lowest BCUT2D eigenvalue weighted by Crippen LogP contribution is -2.41. The van der Waals surface area contributed by atoms with E-state index in [-0.39, 0.29) is 11.8 Å². The lowest BCUT2D eigenvalue weighted by atomic mass is 10.0. The number of carbonyl (C=O) groups excluding carboxylic acids is 1. The summed E-state index contributed by atoms with van der Waals surface area (Å²) in [4.78, 5) is 25.4. The van der Waals surface area contributed by atoms with Gasteiger partial charge in [0.1, 0.15) is 6.04 Å². The SMILES string of the molecule is Cc1ccc(CCCC(=O)N[C@@H](CC(C)C)C(=O)O)s1. The number of carbonyl (C=O) groups is 2. The van der Waals surface area contributed by atoms with E-state index in [0.29, 0.717) is 12.8 Å². The molecule has 20 heavy (non-hydrogen) atoms. The molecule has 1 aromatic heterocycles. The standard InChI is InChI=1S/C15H23NO3S/c1-10(2)9-13(15(18)19)16-14(17)6-4-5-12-8-7-11(3)20-12/h7-8,10,13H,4-6,9H2,1-3H3,(H,16,17)(H,18,19)/t13-/m0/s1. The molecule has 0 aliphatic rings. The number of nitrogens with one attached hydrogen (secondary N) is 1. The first-order chi connectivity index (χ1) is 9.38. The molecular formula is C15H23NO3S. The predicted molar refractivity (Wildman–Crippen MR) is 81.0 cm³/mol. The largest absolute Gasteiger partial charge is 0.480 e. The highest BCUT2D eigenvalue weighted by molar-refractivity contribution is 7.11. The summed E-state index contributed by atoms with van der Waals surface area (Å²) in [5.41, 5.74) is 0. The van der Waals surface area contributed by atoms with Crippen LogP contribution in [0.25, 0.3) is 0 Å². The van der Waals surface area contributed by atoms with Crippen LogP contribution in [0, 0.1) is 12.8 Å². The zero-order valence-electron chi connectivity index (χ0n) is 12.3. The Kier molecular flexibility index (Phi) is 6.71. The van der Waals surface area contributed by atoms with Crippen LogP contribution < -0.4 is 5.32 Å². The summed E-state index contributed by atoms with van der Waals surface area (Å²) in [6.07, 6.45) is 2.46. The van der Waals surface area contributed by atoms with E-state index in [1.165, 1.54) is 9.75 Å². The molecule has 0 aliphatic heterocycles. The Hall–Kier alpha value is -1.36. The van der Waals surface area contributed by atoms with Crippen LogP contribution in [0.4, 0.5) is 0 Å². The lowest BCUT2D eigenvalue weighted by molar-refractivity contribution is -0.142. The summed E-state index contributed by atoms with van der Waals surface area (Å²) in [5.74, 6) is -0.891. The molecule has 0 unspecified atom stereocenters. The van der Waals surface area contributed by atoms with Crippen molar-refractivity contribution in [2.45, 2.75) is 52.5 Å². The molecule has 0 saturated heterocycles. The molecule has 0 bridgehead atoms. The highest BCUT2D eigenvalue weighted by atomic mass is 32.1. The van der Waals surface area contributed by atoms with Gasteiger partial charge in [-0.2, -0.15) is 0 Å². The monoisotopic (exact) mass is 297 g/mol. The number of thiophene rings is 1. The smallest absolute Gasteiger partial charge is 0.326 e. The molecule has 1 aromatic rings. The van der Waals surface area contributed by atoms with Crippen molar-refractivity contribution in [3.63, 3.8) is 0 Å². The van der Waals surface area contributed by atoms with Gasteiger partial charge in [0.05, 0.1) is 0 Å². The Morgan fingerprint density at radius 1 is 1.35 bits per heavy atom. The van der Waals surface area contributed by atoms with Crippen molar-refractivity contribution >= 4 is 23.2 Å². The van der Waals surface area contributed by atoms with Gasteiger partial charge in [-0.25, -0.2) is 4.79 Å². The summed E-state index contributed by atoms with van der Waals surface area (Å²) >= 11 is 1.74. The maximum absolute atomic E-state index is 11.8. The van der Waals surface area contributed by atoms with E-state index in [1.807, 2.05) is 13.8 Å². The number of amides is 1. The van der Waals surface area contributed by atoms with E-state index in [2.05, 4.69) is 24.4 Å². The fraction of sp³-hybridized carbons (Fsp3) is 0.600. The van der Waals surface area contributed by atoms with E-state index in [0.717, 1.165) is 12.8 Å². The Morgan fingerprint density at radius 2 is 2.05 bits per heavy atom. The fourth-order valence-electron chi connectivity index (χ4n) is 2.00. The quantitative estimate of drug-likeness (QED) is 0.775. The van der Waals surface area contributed by atoms with Crippen LogP contribution in [0.2, 0.25) is 0 Å². The van der Waals surface area contributed by atoms with Gasteiger partial charge >= 0.3 is 5.97 Å². The number of aryl methyl sites for hydroxylation is 2. The summed E-state index contributed by atoms with van der Waals surface area (Å²) < 4.78 is 0. The summed E-state index contributed by atoms with van der Waals surface area (Å²) in [5, 5.41) is 11.7. The van der Waals surface area contributed by atoms with Crippen molar-refractivity contribution in [2.24, 2.45) is 5.92 Å². The zero-order chi connectivity index (χ0) is 15.1. The molecule has 0 aromatic carbocycles. The molecule has 2 N–H and O–H groups in total. The average molecular weight is 297 g/mol. The number of aliphatic carboxylic acids is 1. The summed E-state index contributed by atoms with van der Waals surface area (Å²) in [6.45, 7) is 5.95. The van der Waals surface area contributed by atoms with Crippen LogP contribution in [0.1, 0.15) is 42.9 Å². The third-order valence-electron chi connectivity index (χ3n) is 2.96. The van der Waals surface area contributed by atoms with E-state index in [4.69, 9.17) is 5.11 Å². The minimum absolute atomic E-state index is 0.175. The van der Waals surface area contributed by atoms with Crippen LogP contribution in [0.5, 0.6) is 0 Å². The zero-order valence-corrected chi connectivity index (χ0v) is 13.1. The van der Waals surface area contributed by atoms with Crippen molar-refractivity contribution in [3.05, 3.63) is 21.9 Å². The van der Waals surface area contributed by atoms with Crippen molar-refractivity contribution in [1.29, 1.82) is 0 Å². The first kappa shape index (κ1) is 16.7. The van der Waals surface area contributed by atoms with E-state index >= 15 is 0 Å².